The van der Waals surface area contributed by atoms with Crippen LogP contribution in [0, 0.1) is 13.8 Å². The highest BCUT2D eigenvalue weighted by molar-refractivity contribution is 5.73. The monoisotopic (exact) mass is 264 g/mol. The number of nitrogens with zero attached hydrogens (tertiary/aromatic N) is 3. The molecule has 0 aliphatic heterocycles. The minimum Gasteiger partial charge on any atom is -0.396 e. The highest BCUT2D eigenvalue weighted by Gasteiger charge is 2.10. The molecule has 2 heterocycles. The Morgan fingerprint density at radius 2 is 1.80 bits per heavy atom. The molecule has 2 aromatic heterocycles. The predicted octanol–water partition coefficient (Wildman–Crippen LogP) is 3.13. The molecule has 0 radical (unpaired) electrons. The lowest BCUT2D eigenvalue weighted by Crippen LogP contribution is -1.97. The molecule has 0 bridgehead atoms. The maximum Gasteiger partial charge on any atom is 0.153 e. The summed E-state index contributed by atoms with van der Waals surface area (Å²) in [7, 11) is 0. The molecule has 0 aliphatic carbocycles. The number of aryl methyl sites for hydroxylation is 2. The van der Waals surface area contributed by atoms with Gasteiger partial charge in [-0.15, -0.1) is 0 Å². The molecule has 0 spiro atoms. The highest BCUT2D eigenvalue weighted by atomic mass is 15.3. The summed E-state index contributed by atoms with van der Waals surface area (Å²) in [6, 6.07) is 12.0. The minimum absolute atomic E-state index is 0.653. The lowest BCUT2D eigenvalue weighted by molar-refractivity contribution is 0.850. The summed E-state index contributed by atoms with van der Waals surface area (Å²) in [6.07, 6.45) is 3.54. The van der Waals surface area contributed by atoms with E-state index in [2.05, 4.69) is 42.1 Å². The van der Waals surface area contributed by atoms with Gasteiger partial charge in [-0.1, -0.05) is 23.3 Å². The maximum absolute atomic E-state index is 6.10. The molecule has 0 amide bonds. The molecule has 4 nitrogen and oxygen atoms in total. The summed E-state index contributed by atoms with van der Waals surface area (Å²) in [4.78, 5) is 4.28. The molecule has 0 unspecified atom stereocenters. The summed E-state index contributed by atoms with van der Waals surface area (Å²) in [6.45, 7) is 4.14. The van der Waals surface area contributed by atoms with E-state index >= 15 is 0 Å². The Morgan fingerprint density at radius 1 is 1.05 bits per heavy atom. The van der Waals surface area contributed by atoms with Crippen molar-refractivity contribution in [3.8, 4) is 17.1 Å². The van der Waals surface area contributed by atoms with Crippen LogP contribution in [0.15, 0.2) is 48.8 Å². The molecule has 3 rings (SSSR count). The molecule has 0 saturated carbocycles. The second-order valence-corrected chi connectivity index (χ2v) is 4.94. The van der Waals surface area contributed by atoms with Gasteiger partial charge >= 0.3 is 0 Å². The van der Waals surface area contributed by atoms with Crippen LogP contribution >= 0.6 is 0 Å². The first kappa shape index (κ1) is 12.4. The number of nitrogen functional groups attached to an aromatic ring is 1. The molecular formula is C16H16N4. The fourth-order valence-corrected chi connectivity index (χ4v) is 2.33. The zero-order valence-electron chi connectivity index (χ0n) is 11.5. The van der Waals surface area contributed by atoms with Crippen LogP contribution in [-0.4, -0.2) is 14.8 Å². The van der Waals surface area contributed by atoms with Crippen molar-refractivity contribution < 1.29 is 0 Å². The van der Waals surface area contributed by atoms with Crippen molar-refractivity contribution in [1.29, 1.82) is 0 Å². The third-order valence-corrected chi connectivity index (χ3v) is 3.12. The summed E-state index contributed by atoms with van der Waals surface area (Å²) in [5.41, 5.74) is 11.0. The summed E-state index contributed by atoms with van der Waals surface area (Å²) < 4.78 is 1.71. The Hall–Kier alpha value is -2.62. The summed E-state index contributed by atoms with van der Waals surface area (Å²) in [5, 5.41) is 4.56. The quantitative estimate of drug-likeness (QED) is 0.773. The van der Waals surface area contributed by atoms with Gasteiger partial charge in [-0.3, -0.25) is 0 Å². The van der Waals surface area contributed by atoms with Gasteiger partial charge in [-0.25, -0.2) is 9.67 Å². The van der Waals surface area contributed by atoms with E-state index in [0.717, 1.165) is 17.1 Å². The second-order valence-electron chi connectivity index (χ2n) is 4.94. The topological polar surface area (TPSA) is 56.7 Å². The third-order valence-electron chi connectivity index (χ3n) is 3.12. The first-order chi connectivity index (χ1) is 9.63. The Bertz CT molecular complexity index is 724. The van der Waals surface area contributed by atoms with Crippen LogP contribution < -0.4 is 5.73 Å². The van der Waals surface area contributed by atoms with Crippen LogP contribution in [0.4, 0.5) is 5.69 Å². The first-order valence-corrected chi connectivity index (χ1v) is 6.49. The van der Waals surface area contributed by atoms with E-state index in [4.69, 9.17) is 5.73 Å². The number of anilines is 1. The lowest BCUT2D eigenvalue weighted by atomic mass is 10.0. The normalized spacial score (nSPS) is 10.7. The van der Waals surface area contributed by atoms with E-state index in [1.54, 1.807) is 17.1 Å². The molecule has 4 heteroatoms. The van der Waals surface area contributed by atoms with Crippen molar-refractivity contribution in [2.24, 2.45) is 0 Å². The van der Waals surface area contributed by atoms with Gasteiger partial charge < -0.3 is 5.73 Å². The van der Waals surface area contributed by atoms with E-state index in [9.17, 15) is 0 Å². The van der Waals surface area contributed by atoms with Gasteiger partial charge in [0, 0.05) is 11.8 Å². The van der Waals surface area contributed by atoms with Gasteiger partial charge in [0.25, 0.3) is 0 Å². The molecule has 3 aromatic rings. The zero-order chi connectivity index (χ0) is 14.1. The average Bonchev–Trinajstić information content (AvgIpc) is 2.81. The predicted molar refractivity (Wildman–Crippen MR) is 80.7 cm³/mol. The first-order valence-electron chi connectivity index (χ1n) is 6.49. The Labute approximate surface area is 117 Å². The van der Waals surface area contributed by atoms with Crippen molar-refractivity contribution in [3.63, 3.8) is 0 Å². The van der Waals surface area contributed by atoms with Gasteiger partial charge in [0.05, 0.1) is 11.9 Å². The van der Waals surface area contributed by atoms with Crippen molar-refractivity contribution >= 4 is 5.69 Å². The van der Waals surface area contributed by atoms with Crippen LogP contribution in [0.2, 0.25) is 0 Å². The van der Waals surface area contributed by atoms with E-state index in [1.165, 1.54) is 11.1 Å². The molecule has 2 N–H and O–H groups in total. The minimum atomic E-state index is 0.653. The van der Waals surface area contributed by atoms with Gasteiger partial charge in [0.2, 0.25) is 0 Å². The molecule has 0 fully saturated rings. The molecule has 0 aliphatic rings. The van der Waals surface area contributed by atoms with Gasteiger partial charge in [-0.05, 0) is 38.1 Å². The second kappa shape index (κ2) is 4.81. The maximum atomic E-state index is 6.10. The zero-order valence-corrected chi connectivity index (χ0v) is 11.5. The average molecular weight is 264 g/mol. The van der Waals surface area contributed by atoms with Crippen molar-refractivity contribution in [3.05, 3.63) is 59.9 Å². The number of hydrogen-bond donors (Lipinski definition) is 1. The summed E-state index contributed by atoms with van der Waals surface area (Å²) >= 11 is 0. The largest absolute Gasteiger partial charge is 0.396 e. The molecular weight excluding hydrogens is 248 g/mol. The SMILES string of the molecule is Cc1cc(C)cc(-c2nn(-c3ccccn3)cc2N)c1. The van der Waals surface area contributed by atoms with Crippen LogP contribution in [0.3, 0.4) is 0 Å². The molecule has 1 aromatic carbocycles. The fourth-order valence-electron chi connectivity index (χ4n) is 2.33. The Morgan fingerprint density at radius 3 is 2.45 bits per heavy atom. The van der Waals surface area contributed by atoms with Gasteiger partial charge in [0.1, 0.15) is 5.69 Å². The van der Waals surface area contributed by atoms with Crippen molar-refractivity contribution in [2.45, 2.75) is 13.8 Å². The van der Waals surface area contributed by atoms with E-state index in [1.807, 2.05) is 18.2 Å². The number of aromatic nitrogens is 3. The van der Waals surface area contributed by atoms with Gasteiger partial charge in [0.15, 0.2) is 5.82 Å². The van der Waals surface area contributed by atoms with Gasteiger partial charge in [-0.2, -0.15) is 5.10 Å². The van der Waals surface area contributed by atoms with Crippen molar-refractivity contribution in [1.82, 2.24) is 14.8 Å². The van der Waals surface area contributed by atoms with E-state index in [0.29, 0.717) is 5.69 Å². The summed E-state index contributed by atoms with van der Waals surface area (Å²) in [5.74, 6) is 0.759. The number of benzene rings is 1. The smallest absolute Gasteiger partial charge is 0.153 e. The van der Waals surface area contributed by atoms with Crippen LogP contribution in [0.5, 0.6) is 0 Å². The molecule has 0 saturated heterocycles. The number of hydrogen-bond acceptors (Lipinski definition) is 3. The van der Waals surface area contributed by atoms with E-state index < -0.39 is 0 Å². The van der Waals surface area contributed by atoms with Crippen LogP contribution in [0.1, 0.15) is 11.1 Å². The Balaban J connectivity index is 2.09. The fraction of sp³-hybridized carbons (Fsp3) is 0.125. The lowest BCUT2D eigenvalue weighted by Gasteiger charge is -2.03. The van der Waals surface area contributed by atoms with E-state index in [-0.39, 0.29) is 0 Å². The third kappa shape index (κ3) is 2.28. The van der Waals surface area contributed by atoms with Crippen molar-refractivity contribution in [2.75, 3.05) is 5.73 Å². The molecule has 20 heavy (non-hydrogen) atoms. The standard InChI is InChI=1S/C16H16N4/c1-11-7-12(2)9-13(8-11)16-14(17)10-20(19-16)15-5-3-4-6-18-15/h3-10H,17H2,1-2H3. The molecule has 0 atom stereocenters. The highest BCUT2D eigenvalue weighted by Crippen LogP contribution is 2.26. The Kier molecular flexibility index (Phi) is 2.99. The van der Waals surface area contributed by atoms with Crippen LogP contribution in [0.25, 0.3) is 17.1 Å². The number of rotatable bonds is 2. The number of pyridine rings is 1. The number of nitrogens with two attached hydrogens (primary N) is 1. The molecule has 100 valence electrons. The van der Waals surface area contributed by atoms with Crippen LogP contribution in [-0.2, 0) is 0 Å².